The molecule has 0 bridgehead atoms. The summed E-state index contributed by atoms with van der Waals surface area (Å²) in [6.45, 7) is 5.64. The van der Waals surface area contributed by atoms with Crippen LogP contribution in [0.4, 0.5) is 5.82 Å². The zero-order valence-electron chi connectivity index (χ0n) is 22.0. The van der Waals surface area contributed by atoms with Gasteiger partial charge in [0.25, 0.3) is 8.53 Å². The van der Waals surface area contributed by atoms with Crippen LogP contribution in [-0.2, 0) is 24.2 Å². The molecule has 0 spiro atoms. The lowest BCUT2D eigenvalue weighted by molar-refractivity contribution is -0.118. The van der Waals surface area contributed by atoms with Gasteiger partial charge in [0.1, 0.15) is 17.6 Å². The van der Waals surface area contributed by atoms with E-state index in [1.807, 2.05) is 6.07 Å². The molecule has 2 aromatic rings. The molecule has 1 saturated carbocycles. The van der Waals surface area contributed by atoms with Crippen LogP contribution in [0.5, 0.6) is 0 Å². The number of anilines is 1. The molecule has 5 rings (SSSR count). The fourth-order valence-corrected chi connectivity index (χ4v) is 7.58. The molecule has 6 atom stereocenters. The third kappa shape index (κ3) is 5.12. The van der Waals surface area contributed by atoms with E-state index in [4.69, 9.17) is 13.8 Å². The summed E-state index contributed by atoms with van der Waals surface area (Å²) in [6, 6.07) is 12.4. The largest absolute Gasteiger partial charge is 0.352 e. The molecule has 1 aromatic carbocycles. The van der Waals surface area contributed by atoms with Crippen LogP contribution in [0, 0.1) is 5.92 Å². The number of hydrogen-bond acceptors (Lipinski definition) is 7. The quantitative estimate of drug-likeness (QED) is 0.508. The lowest BCUT2D eigenvalue weighted by Gasteiger charge is -2.38. The fraction of sp³-hybridized carbons (Fsp3) is 0.593. The molecule has 2 saturated heterocycles. The molecule has 200 valence electrons. The highest BCUT2D eigenvalue weighted by Crippen LogP contribution is 2.64. The van der Waals surface area contributed by atoms with Gasteiger partial charge in [0, 0.05) is 18.5 Å². The maximum atomic E-state index is 12.8. The van der Waals surface area contributed by atoms with Crippen LogP contribution in [0.1, 0.15) is 71.1 Å². The summed E-state index contributed by atoms with van der Waals surface area (Å²) < 4.78 is 23.6. The van der Waals surface area contributed by atoms with E-state index in [-0.39, 0.29) is 41.5 Å². The third-order valence-corrected chi connectivity index (χ3v) is 9.48. The van der Waals surface area contributed by atoms with E-state index >= 15 is 0 Å². The molecule has 1 amide bonds. The first-order valence-electron chi connectivity index (χ1n) is 13.3. The maximum absolute atomic E-state index is 12.8. The SMILES string of the molecule is CC[C@H]1O[C@@H](n2ccc(NC(=O)C(C)C)nc2=O)CC1O[P@]1O[C@@]2(c3ccccc3)CCCC[C@@H]2N1C. The van der Waals surface area contributed by atoms with E-state index in [1.165, 1.54) is 16.6 Å². The molecule has 1 unspecified atom stereocenters. The number of likely N-dealkylation sites (N-methyl/N-ethyl adjacent to an activating group) is 1. The summed E-state index contributed by atoms with van der Waals surface area (Å²) in [5, 5.41) is 2.67. The van der Waals surface area contributed by atoms with Gasteiger partial charge in [-0.15, -0.1) is 0 Å². The molecule has 1 N–H and O–H groups in total. The minimum Gasteiger partial charge on any atom is -0.352 e. The van der Waals surface area contributed by atoms with Gasteiger partial charge in [0.15, 0.2) is 0 Å². The summed E-state index contributed by atoms with van der Waals surface area (Å²) >= 11 is 0. The third-order valence-electron chi connectivity index (χ3n) is 7.75. The van der Waals surface area contributed by atoms with Crippen LogP contribution in [0.15, 0.2) is 47.4 Å². The highest BCUT2D eigenvalue weighted by atomic mass is 31.2. The van der Waals surface area contributed by atoms with Crippen molar-refractivity contribution >= 4 is 20.3 Å². The van der Waals surface area contributed by atoms with Crippen molar-refractivity contribution in [2.45, 2.75) is 89.4 Å². The number of benzene rings is 1. The van der Waals surface area contributed by atoms with Crippen LogP contribution in [-0.4, -0.2) is 45.4 Å². The van der Waals surface area contributed by atoms with E-state index in [1.54, 1.807) is 26.1 Å². The highest BCUT2D eigenvalue weighted by molar-refractivity contribution is 7.44. The second-order valence-corrected chi connectivity index (χ2v) is 12.0. The van der Waals surface area contributed by atoms with Gasteiger partial charge in [-0.1, -0.05) is 63.9 Å². The van der Waals surface area contributed by atoms with Gasteiger partial charge in [0.05, 0.1) is 18.2 Å². The van der Waals surface area contributed by atoms with Gasteiger partial charge < -0.3 is 19.1 Å². The van der Waals surface area contributed by atoms with Crippen LogP contribution in [0.25, 0.3) is 0 Å². The maximum Gasteiger partial charge on any atom is 0.351 e. The zero-order valence-corrected chi connectivity index (χ0v) is 22.9. The van der Waals surface area contributed by atoms with Gasteiger partial charge in [-0.05, 0) is 37.9 Å². The molecule has 1 aromatic heterocycles. The Bertz CT molecular complexity index is 1160. The molecule has 3 heterocycles. The summed E-state index contributed by atoms with van der Waals surface area (Å²) in [7, 11) is 0.824. The second kappa shape index (κ2) is 10.9. The van der Waals surface area contributed by atoms with Crippen molar-refractivity contribution in [2.24, 2.45) is 5.92 Å². The molecule has 37 heavy (non-hydrogen) atoms. The first-order valence-corrected chi connectivity index (χ1v) is 14.4. The number of amides is 1. The second-order valence-electron chi connectivity index (χ2n) is 10.5. The summed E-state index contributed by atoms with van der Waals surface area (Å²) in [5.41, 5.74) is 0.406. The first-order chi connectivity index (χ1) is 17.8. The minimum absolute atomic E-state index is 0.160. The summed E-state index contributed by atoms with van der Waals surface area (Å²) in [4.78, 5) is 28.8. The van der Waals surface area contributed by atoms with E-state index in [0.29, 0.717) is 6.42 Å². The molecule has 3 fully saturated rings. The average Bonchev–Trinajstić information content (AvgIpc) is 3.43. The van der Waals surface area contributed by atoms with Gasteiger partial charge in [-0.3, -0.25) is 9.36 Å². The molecule has 10 heteroatoms. The summed E-state index contributed by atoms with van der Waals surface area (Å²) in [6.07, 6.45) is 6.44. The number of fused-ring (bicyclic) bond motifs is 1. The molecular weight excluding hydrogens is 491 g/mol. The Morgan fingerprint density at radius 3 is 2.76 bits per heavy atom. The predicted octanol–water partition coefficient (Wildman–Crippen LogP) is 4.95. The van der Waals surface area contributed by atoms with Gasteiger partial charge in [-0.2, -0.15) is 4.98 Å². The minimum atomic E-state index is -1.29. The Balaban J connectivity index is 1.31. The molecular formula is C27H37N4O5P. The Kier molecular flexibility index (Phi) is 7.80. The van der Waals surface area contributed by atoms with E-state index in [9.17, 15) is 9.59 Å². The first kappa shape index (κ1) is 26.4. The Hall–Kier alpha value is -2.16. The number of carbonyl (C=O) groups excluding carboxylic acids is 1. The number of nitrogens with one attached hydrogen (secondary N) is 1. The smallest absolute Gasteiger partial charge is 0.351 e. The number of hydrogen-bond donors (Lipinski definition) is 1. The molecule has 2 aliphatic heterocycles. The molecule has 9 nitrogen and oxygen atoms in total. The van der Waals surface area contributed by atoms with Crippen LogP contribution < -0.4 is 11.0 Å². The standard InChI is InChI=1S/C27H37N4O5P/c1-5-20-21(17-24(34-20)31-16-14-23(29-26(31)33)28-25(32)18(2)3)35-37-30(4)22-13-9-10-15-27(22,36-37)19-11-7-6-8-12-19/h6-8,11-12,14,16,18,20-22,24H,5,9-10,13,15,17H2,1-4H3,(H,28,29,32,33)/t20-,21?,22+,24-,27-,37-/m1/s1. The van der Waals surface area contributed by atoms with E-state index in [2.05, 4.69) is 53.2 Å². The normalized spacial score (nSPS) is 32.0. The molecule has 3 aliphatic rings. The topological polar surface area (TPSA) is 94.9 Å². The van der Waals surface area contributed by atoms with Gasteiger partial charge in [0.2, 0.25) is 5.91 Å². The van der Waals surface area contributed by atoms with Crippen molar-refractivity contribution in [3.63, 3.8) is 0 Å². The van der Waals surface area contributed by atoms with Crippen LogP contribution >= 0.6 is 8.53 Å². The van der Waals surface area contributed by atoms with Crippen molar-refractivity contribution in [1.82, 2.24) is 14.2 Å². The fourth-order valence-electron chi connectivity index (χ4n) is 5.68. The number of ether oxygens (including phenoxy) is 1. The molecule has 0 radical (unpaired) electrons. The monoisotopic (exact) mass is 528 g/mol. The predicted molar refractivity (Wildman–Crippen MR) is 142 cm³/mol. The lowest BCUT2D eigenvalue weighted by atomic mass is 9.76. The number of carbonyl (C=O) groups is 1. The van der Waals surface area contributed by atoms with Gasteiger partial charge in [-0.25, -0.2) is 9.46 Å². The Morgan fingerprint density at radius 2 is 2.05 bits per heavy atom. The number of nitrogens with zero attached hydrogens (tertiary/aromatic N) is 3. The molecule has 1 aliphatic carbocycles. The van der Waals surface area contributed by atoms with Crippen LogP contribution in [0.3, 0.4) is 0 Å². The van der Waals surface area contributed by atoms with Crippen LogP contribution in [0.2, 0.25) is 0 Å². The average molecular weight is 529 g/mol. The van der Waals surface area contributed by atoms with E-state index in [0.717, 1.165) is 25.7 Å². The van der Waals surface area contributed by atoms with Crippen molar-refractivity contribution in [2.75, 3.05) is 12.4 Å². The Labute approximate surface area is 219 Å². The summed E-state index contributed by atoms with van der Waals surface area (Å²) in [5.74, 6) is -0.137. The van der Waals surface area contributed by atoms with Gasteiger partial charge >= 0.3 is 5.69 Å². The number of rotatable bonds is 7. The van der Waals surface area contributed by atoms with Crippen molar-refractivity contribution < 1.29 is 18.6 Å². The van der Waals surface area contributed by atoms with E-state index < -0.39 is 20.4 Å². The van der Waals surface area contributed by atoms with Crippen molar-refractivity contribution in [3.8, 4) is 0 Å². The zero-order chi connectivity index (χ0) is 26.2. The van der Waals surface area contributed by atoms with Crippen molar-refractivity contribution in [1.29, 1.82) is 0 Å². The lowest BCUT2D eigenvalue weighted by Crippen LogP contribution is -2.44. The van der Waals surface area contributed by atoms with Crippen molar-refractivity contribution in [3.05, 3.63) is 58.6 Å². The Morgan fingerprint density at radius 1 is 1.27 bits per heavy atom. The highest BCUT2D eigenvalue weighted by Gasteiger charge is 2.56. The number of aromatic nitrogens is 2.